The molecular formula is C20H20N4O2. The van der Waals surface area contributed by atoms with E-state index in [0.29, 0.717) is 18.1 Å². The number of hydrogen-bond acceptors (Lipinski definition) is 5. The molecule has 0 saturated carbocycles. The monoisotopic (exact) mass is 348 g/mol. The van der Waals surface area contributed by atoms with Crippen LogP contribution in [0.1, 0.15) is 17.4 Å². The van der Waals surface area contributed by atoms with E-state index in [0.717, 1.165) is 17.1 Å². The topological polar surface area (TPSA) is 67.4 Å². The molecule has 1 amide bonds. The largest absolute Gasteiger partial charge is 0.497 e. The van der Waals surface area contributed by atoms with Crippen LogP contribution in [-0.2, 0) is 0 Å². The Bertz CT molecular complexity index is 866. The molecule has 0 radical (unpaired) electrons. The third-order valence-corrected chi connectivity index (χ3v) is 3.84. The summed E-state index contributed by atoms with van der Waals surface area (Å²) in [5.74, 6) is 1.12. The molecule has 0 atom stereocenters. The van der Waals surface area contributed by atoms with Gasteiger partial charge in [0.2, 0.25) is 0 Å². The van der Waals surface area contributed by atoms with Gasteiger partial charge in [0, 0.05) is 24.0 Å². The number of carbonyl (C=O) groups excluding carboxylic acids is 1. The van der Waals surface area contributed by atoms with Crippen molar-refractivity contribution in [2.24, 2.45) is 0 Å². The van der Waals surface area contributed by atoms with Gasteiger partial charge in [0.15, 0.2) is 0 Å². The van der Waals surface area contributed by atoms with Gasteiger partial charge in [0.25, 0.3) is 5.91 Å². The molecule has 0 saturated heterocycles. The van der Waals surface area contributed by atoms with Crippen LogP contribution in [-0.4, -0.2) is 29.5 Å². The summed E-state index contributed by atoms with van der Waals surface area (Å²) in [4.78, 5) is 22.9. The van der Waals surface area contributed by atoms with Crippen molar-refractivity contribution >= 4 is 23.1 Å². The van der Waals surface area contributed by atoms with Gasteiger partial charge >= 0.3 is 0 Å². The van der Waals surface area contributed by atoms with Gasteiger partial charge in [0.05, 0.1) is 19.5 Å². The second-order valence-corrected chi connectivity index (χ2v) is 5.53. The lowest BCUT2D eigenvalue weighted by atomic mass is 10.2. The van der Waals surface area contributed by atoms with E-state index in [4.69, 9.17) is 4.74 Å². The average Bonchev–Trinajstić information content (AvgIpc) is 2.70. The van der Waals surface area contributed by atoms with E-state index in [9.17, 15) is 4.79 Å². The molecule has 0 spiro atoms. The molecule has 2 aromatic carbocycles. The van der Waals surface area contributed by atoms with Crippen LogP contribution in [0.25, 0.3) is 0 Å². The maximum absolute atomic E-state index is 12.7. The molecule has 0 unspecified atom stereocenters. The molecule has 3 aromatic rings. The lowest BCUT2D eigenvalue weighted by Gasteiger charge is -2.20. The number of methoxy groups -OCH3 is 1. The van der Waals surface area contributed by atoms with E-state index in [-0.39, 0.29) is 5.91 Å². The van der Waals surface area contributed by atoms with Crippen LogP contribution in [0.4, 0.5) is 17.2 Å². The summed E-state index contributed by atoms with van der Waals surface area (Å²) in [6, 6.07) is 17.0. The summed E-state index contributed by atoms with van der Waals surface area (Å²) in [5.41, 5.74) is 1.96. The molecule has 132 valence electrons. The average molecular weight is 348 g/mol. The number of anilines is 3. The van der Waals surface area contributed by atoms with E-state index in [1.165, 1.54) is 6.20 Å². The summed E-state index contributed by atoms with van der Waals surface area (Å²) < 4.78 is 5.20. The zero-order valence-corrected chi connectivity index (χ0v) is 14.7. The summed E-state index contributed by atoms with van der Waals surface area (Å²) in [5, 5.41) is 3.14. The lowest BCUT2D eigenvalue weighted by molar-refractivity contribution is 0.0983. The lowest BCUT2D eigenvalue weighted by Crippen LogP contribution is -2.31. The first-order chi connectivity index (χ1) is 12.7. The van der Waals surface area contributed by atoms with Crippen molar-refractivity contribution in [3.05, 3.63) is 72.7 Å². The van der Waals surface area contributed by atoms with Gasteiger partial charge in [-0.1, -0.05) is 24.3 Å². The molecule has 0 aliphatic carbocycles. The van der Waals surface area contributed by atoms with Crippen LogP contribution < -0.4 is 15.0 Å². The molecule has 26 heavy (non-hydrogen) atoms. The Hall–Kier alpha value is -3.41. The standard InChI is InChI=1S/C20H20N4O2/c1-3-24(16-9-5-4-6-10-16)20(25)18-13-22-19(14-21-18)23-15-8-7-11-17(12-15)26-2/h4-14H,3H2,1-2H3,(H,22,23). The molecule has 0 fully saturated rings. The number of nitrogens with zero attached hydrogens (tertiary/aromatic N) is 3. The van der Waals surface area contributed by atoms with Crippen molar-refractivity contribution in [2.45, 2.75) is 6.92 Å². The first kappa shape index (κ1) is 17.4. The third-order valence-electron chi connectivity index (χ3n) is 3.84. The van der Waals surface area contributed by atoms with Crippen LogP contribution >= 0.6 is 0 Å². The maximum atomic E-state index is 12.7. The van der Waals surface area contributed by atoms with Crippen LogP contribution in [0.2, 0.25) is 0 Å². The summed E-state index contributed by atoms with van der Waals surface area (Å²) in [6.45, 7) is 2.48. The number of carbonyl (C=O) groups is 1. The zero-order valence-electron chi connectivity index (χ0n) is 14.7. The number of rotatable bonds is 6. The van der Waals surface area contributed by atoms with Crippen molar-refractivity contribution in [1.29, 1.82) is 0 Å². The van der Waals surface area contributed by atoms with Gasteiger partial charge in [-0.2, -0.15) is 0 Å². The number of amides is 1. The fourth-order valence-electron chi connectivity index (χ4n) is 2.54. The number of benzene rings is 2. The second kappa shape index (κ2) is 8.11. The van der Waals surface area contributed by atoms with Crippen molar-refractivity contribution in [1.82, 2.24) is 9.97 Å². The normalized spacial score (nSPS) is 10.2. The summed E-state index contributed by atoms with van der Waals surface area (Å²) in [6.07, 6.45) is 3.03. The fourth-order valence-corrected chi connectivity index (χ4v) is 2.54. The third kappa shape index (κ3) is 3.97. The zero-order chi connectivity index (χ0) is 18.4. The number of hydrogen-bond donors (Lipinski definition) is 1. The highest BCUT2D eigenvalue weighted by Gasteiger charge is 2.17. The predicted octanol–water partition coefficient (Wildman–Crippen LogP) is 3.90. The van der Waals surface area contributed by atoms with E-state index in [1.54, 1.807) is 18.2 Å². The molecule has 3 rings (SSSR count). The Morgan fingerprint density at radius 1 is 1.08 bits per heavy atom. The van der Waals surface area contributed by atoms with E-state index < -0.39 is 0 Å². The maximum Gasteiger partial charge on any atom is 0.278 e. The Morgan fingerprint density at radius 2 is 1.88 bits per heavy atom. The number of ether oxygens (including phenoxy) is 1. The Balaban J connectivity index is 1.75. The van der Waals surface area contributed by atoms with Crippen LogP contribution in [0.15, 0.2) is 67.0 Å². The minimum Gasteiger partial charge on any atom is -0.497 e. The first-order valence-electron chi connectivity index (χ1n) is 8.31. The van der Waals surface area contributed by atoms with Gasteiger partial charge in [-0.3, -0.25) is 4.79 Å². The highest BCUT2D eigenvalue weighted by Crippen LogP contribution is 2.20. The summed E-state index contributed by atoms with van der Waals surface area (Å²) in [7, 11) is 1.62. The number of nitrogens with one attached hydrogen (secondary N) is 1. The number of para-hydroxylation sites is 1. The molecule has 6 nitrogen and oxygen atoms in total. The molecular weight excluding hydrogens is 328 g/mol. The second-order valence-electron chi connectivity index (χ2n) is 5.53. The molecule has 1 N–H and O–H groups in total. The summed E-state index contributed by atoms with van der Waals surface area (Å²) >= 11 is 0. The van der Waals surface area contributed by atoms with Gasteiger partial charge in [-0.25, -0.2) is 9.97 Å². The molecule has 6 heteroatoms. The van der Waals surface area contributed by atoms with Crippen molar-refractivity contribution in [3.63, 3.8) is 0 Å². The Morgan fingerprint density at radius 3 is 2.54 bits per heavy atom. The van der Waals surface area contributed by atoms with E-state index in [1.807, 2.05) is 61.5 Å². The minimum atomic E-state index is -0.181. The molecule has 0 bridgehead atoms. The fraction of sp³-hybridized carbons (Fsp3) is 0.150. The van der Waals surface area contributed by atoms with Gasteiger partial charge in [-0.15, -0.1) is 0 Å². The highest BCUT2D eigenvalue weighted by molar-refractivity contribution is 6.04. The first-order valence-corrected chi connectivity index (χ1v) is 8.31. The van der Waals surface area contributed by atoms with Gasteiger partial charge < -0.3 is 15.0 Å². The van der Waals surface area contributed by atoms with Crippen molar-refractivity contribution in [2.75, 3.05) is 23.9 Å². The molecule has 0 aliphatic rings. The smallest absolute Gasteiger partial charge is 0.278 e. The van der Waals surface area contributed by atoms with Crippen LogP contribution in [0.3, 0.4) is 0 Å². The van der Waals surface area contributed by atoms with E-state index >= 15 is 0 Å². The minimum absolute atomic E-state index is 0.181. The van der Waals surface area contributed by atoms with Gasteiger partial charge in [-0.05, 0) is 31.2 Å². The quantitative estimate of drug-likeness (QED) is 0.732. The van der Waals surface area contributed by atoms with Gasteiger partial charge in [0.1, 0.15) is 17.3 Å². The Labute approximate surface area is 152 Å². The highest BCUT2D eigenvalue weighted by atomic mass is 16.5. The Kier molecular flexibility index (Phi) is 5.43. The van der Waals surface area contributed by atoms with Crippen LogP contribution in [0, 0.1) is 0 Å². The molecule has 1 heterocycles. The van der Waals surface area contributed by atoms with Crippen molar-refractivity contribution in [3.8, 4) is 5.75 Å². The number of aromatic nitrogens is 2. The molecule has 1 aromatic heterocycles. The van der Waals surface area contributed by atoms with Crippen LogP contribution in [0.5, 0.6) is 5.75 Å². The van der Waals surface area contributed by atoms with E-state index in [2.05, 4.69) is 15.3 Å². The SMILES string of the molecule is CCN(C(=O)c1cnc(Nc2cccc(OC)c2)cn1)c1ccccc1. The molecule has 0 aliphatic heterocycles. The van der Waals surface area contributed by atoms with Crippen molar-refractivity contribution < 1.29 is 9.53 Å². The predicted molar refractivity (Wildman–Crippen MR) is 102 cm³/mol.